The standard InChI is InChI=1S/C25H37NO4S/c1-17-8-10-18(11-9-17)31(28,29)26-19(22(27)30-6)16-21-24(4)14-7-13-23(2,3)20(24)12-15-25(21,26)5/h8-11,19-21H,7,12-16H2,1-6H3/t19?,20?,21-,24?,25-/m0/s1. The van der Waals surface area contributed by atoms with E-state index in [4.69, 9.17) is 4.74 Å². The van der Waals surface area contributed by atoms with E-state index in [2.05, 4.69) is 27.7 Å². The smallest absolute Gasteiger partial charge is 0.324 e. The Kier molecular flexibility index (Phi) is 5.37. The molecule has 5 nitrogen and oxygen atoms in total. The van der Waals surface area contributed by atoms with Gasteiger partial charge in [-0.1, -0.05) is 44.9 Å². The van der Waals surface area contributed by atoms with Gasteiger partial charge in [0, 0.05) is 5.54 Å². The Morgan fingerprint density at radius 2 is 1.68 bits per heavy atom. The van der Waals surface area contributed by atoms with E-state index in [1.54, 1.807) is 16.4 Å². The van der Waals surface area contributed by atoms with Crippen LogP contribution in [0.4, 0.5) is 0 Å². The van der Waals surface area contributed by atoms with E-state index in [1.807, 2.05) is 19.1 Å². The first-order valence-electron chi connectivity index (χ1n) is 11.6. The topological polar surface area (TPSA) is 63.7 Å². The number of aryl methyl sites for hydroxylation is 1. The van der Waals surface area contributed by atoms with Crippen LogP contribution in [0.5, 0.6) is 0 Å². The van der Waals surface area contributed by atoms with Crippen molar-refractivity contribution in [3.05, 3.63) is 29.8 Å². The Morgan fingerprint density at radius 1 is 1.03 bits per heavy atom. The van der Waals surface area contributed by atoms with E-state index in [0.717, 1.165) is 31.2 Å². The van der Waals surface area contributed by atoms with Crippen molar-refractivity contribution >= 4 is 16.0 Å². The van der Waals surface area contributed by atoms with Crippen LogP contribution in [0.25, 0.3) is 0 Å². The highest BCUT2D eigenvalue weighted by atomic mass is 32.2. The van der Waals surface area contributed by atoms with Crippen molar-refractivity contribution < 1.29 is 17.9 Å². The summed E-state index contributed by atoms with van der Waals surface area (Å²) in [6, 6.07) is 6.18. The Morgan fingerprint density at radius 3 is 2.29 bits per heavy atom. The highest BCUT2D eigenvalue weighted by molar-refractivity contribution is 7.89. The molecule has 0 N–H and O–H groups in total. The number of esters is 1. The Hall–Kier alpha value is -1.40. The molecule has 1 aliphatic heterocycles. The number of ether oxygens (including phenoxy) is 1. The largest absolute Gasteiger partial charge is 0.468 e. The summed E-state index contributed by atoms with van der Waals surface area (Å²) in [5, 5.41) is 0. The number of carbonyl (C=O) groups excluding carboxylic acids is 1. The number of rotatable bonds is 3. The molecular weight excluding hydrogens is 410 g/mol. The Labute approximate surface area is 187 Å². The van der Waals surface area contributed by atoms with Gasteiger partial charge >= 0.3 is 5.97 Å². The molecule has 0 spiro atoms. The second kappa shape index (κ2) is 7.31. The van der Waals surface area contributed by atoms with Crippen LogP contribution in [0, 0.1) is 29.6 Å². The summed E-state index contributed by atoms with van der Waals surface area (Å²) in [5.74, 6) is 0.219. The van der Waals surface area contributed by atoms with Crippen molar-refractivity contribution in [3.63, 3.8) is 0 Å². The van der Waals surface area contributed by atoms with Gasteiger partial charge in [0.2, 0.25) is 10.0 Å². The van der Waals surface area contributed by atoms with E-state index < -0.39 is 27.6 Å². The molecule has 1 aromatic carbocycles. The molecule has 5 atom stereocenters. The van der Waals surface area contributed by atoms with Gasteiger partial charge in [-0.2, -0.15) is 4.31 Å². The third kappa shape index (κ3) is 3.28. The number of hydrogen-bond acceptors (Lipinski definition) is 4. The van der Waals surface area contributed by atoms with Crippen molar-refractivity contribution in [2.45, 2.75) is 89.6 Å². The quantitative estimate of drug-likeness (QED) is 0.616. The van der Waals surface area contributed by atoms with E-state index in [-0.39, 0.29) is 21.6 Å². The first-order valence-corrected chi connectivity index (χ1v) is 13.0. The number of nitrogens with zero attached hydrogens (tertiary/aromatic N) is 1. The molecule has 31 heavy (non-hydrogen) atoms. The molecule has 3 fully saturated rings. The first kappa shape index (κ1) is 22.8. The van der Waals surface area contributed by atoms with Gasteiger partial charge in [0.1, 0.15) is 6.04 Å². The maximum atomic E-state index is 13.9. The predicted molar refractivity (Wildman–Crippen MR) is 121 cm³/mol. The molecule has 2 aliphatic carbocycles. The number of carbonyl (C=O) groups is 1. The van der Waals surface area contributed by atoms with Gasteiger partial charge in [0.25, 0.3) is 0 Å². The minimum absolute atomic E-state index is 0.0125. The van der Waals surface area contributed by atoms with Gasteiger partial charge in [-0.25, -0.2) is 8.42 Å². The molecule has 172 valence electrons. The molecule has 2 saturated carbocycles. The zero-order chi connectivity index (χ0) is 22.8. The average molecular weight is 448 g/mol. The predicted octanol–water partition coefficient (Wildman–Crippen LogP) is 4.93. The lowest BCUT2D eigenvalue weighted by Gasteiger charge is -2.61. The average Bonchev–Trinajstić information content (AvgIpc) is 3.02. The van der Waals surface area contributed by atoms with Crippen molar-refractivity contribution in [1.29, 1.82) is 0 Å². The third-order valence-electron chi connectivity index (χ3n) is 9.06. The second-order valence-corrected chi connectivity index (χ2v) is 13.1. The second-order valence-electron chi connectivity index (χ2n) is 11.2. The van der Waals surface area contributed by atoms with Crippen LogP contribution < -0.4 is 0 Å². The summed E-state index contributed by atoms with van der Waals surface area (Å²) in [4.78, 5) is 13.2. The fourth-order valence-electron chi connectivity index (χ4n) is 7.68. The highest BCUT2D eigenvalue weighted by Crippen LogP contribution is 2.66. The molecule has 1 aromatic rings. The van der Waals surface area contributed by atoms with Gasteiger partial charge in [0.05, 0.1) is 12.0 Å². The van der Waals surface area contributed by atoms with Crippen molar-refractivity contribution in [2.24, 2.45) is 22.7 Å². The molecule has 3 aliphatic rings. The number of methoxy groups -OCH3 is 1. The molecule has 3 unspecified atom stereocenters. The fourth-order valence-corrected chi connectivity index (χ4v) is 9.66. The molecular formula is C25H37NO4S. The van der Waals surface area contributed by atoms with E-state index in [9.17, 15) is 13.2 Å². The summed E-state index contributed by atoms with van der Waals surface area (Å²) in [6.45, 7) is 11.1. The molecule has 4 rings (SSSR count). The summed E-state index contributed by atoms with van der Waals surface area (Å²) in [7, 11) is -2.49. The van der Waals surface area contributed by atoms with Crippen LogP contribution in [0.2, 0.25) is 0 Å². The molecule has 1 heterocycles. The lowest BCUT2D eigenvalue weighted by Crippen LogP contribution is -2.61. The molecule has 6 heteroatoms. The SMILES string of the molecule is COC(=O)C1C[C@H]2C3(C)CCCC(C)(C)C3CC[C@]2(C)N1S(=O)(=O)c1ccc(C)cc1. The minimum Gasteiger partial charge on any atom is -0.468 e. The van der Waals surface area contributed by atoms with Crippen LogP contribution >= 0.6 is 0 Å². The van der Waals surface area contributed by atoms with Gasteiger partial charge in [-0.3, -0.25) is 4.79 Å². The number of benzene rings is 1. The van der Waals surface area contributed by atoms with Crippen LogP contribution in [0.1, 0.15) is 71.8 Å². The van der Waals surface area contributed by atoms with Crippen molar-refractivity contribution in [3.8, 4) is 0 Å². The summed E-state index contributed by atoms with van der Waals surface area (Å²) >= 11 is 0. The zero-order valence-corrected chi connectivity index (χ0v) is 20.6. The molecule has 1 saturated heterocycles. The molecule has 0 radical (unpaired) electrons. The number of sulfonamides is 1. The first-order chi connectivity index (χ1) is 14.4. The van der Waals surface area contributed by atoms with Gasteiger partial charge in [-0.05, 0) is 80.8 Å². The molecule has 0 amide bonds. The highest BCUT2D eigenvalue weighted by Gasteiger charge is 2.67. The van der Waals surface area contributed by atoms with Crippen molar-refractivity contribution in [2.75, 3.05) is 7.11 Å². The van der Waals surface area contributed by atoms with Crippen LogP contribution in [-0.4, -0.2) is 37.4 Å². The third-order valence-corrected chi connectivity index (χ3v) is 11.1. The van der Waals surface area contributed by atoms with Gasteiger partial charge in [-0.15, -0.1) is 0 Å². The van der Waals surface area contributed by atoms with Crippen molar-refractivity contribution in [1.82, 2.24) is 4.31 Å². The Bertz CT molecular complexity index is 970. The Balaban J connectivity index is 1.84. The monoisotopic (exact) mass is 447 g/mol. The molecule has 0 bridgehead atoms. The lowest BCUT2D eigenvalue weighted by atomic mass is 9.45. The minimum atomic E-state index is -3.85. The summed E-state index contributed by atoms with van der Waals surface area (Å²) < 4.78 is 34.6. The maximum Gasteiger partial charge on any atom is 0.324 e. The van der Waals surface area contributed by atoms with Crippen LogP contribution in [0.3, 0.4) is 0 Å². The maximum absolute atomic E-state index is 13.9. The zero-order valence-electron chi connectivity index (χ0n) is 19.8. The van der Waals surface area contributed by atoms with E-state index >= 15 is 0 Å². The van der Waals surface area contributed by atoms with E-state index in [1.165, 1.54) is 13.5 Å². The number of fused-ring (bicyclic) bond motifs is 3. The molecule has 0 aromatic heterocycles. The van der Waals surface area contributed by atoms with Gasteiger partial charge in [0.15, 0.2) is 0 Å². The van der Waals surface area contributed by atoms with E-state index in [0.29, 0.717) is 12.3 Å². The number of hydrogen-bond donors (Lipinski definition) is 0. The summed E-state index contributed by atoms with van der Waals surface area (Å²) in [6.07, 6.45) is 5.76. The fraction of sp³-hybridized carbons (Fsp3) is 0.720. The van der Waals surface area contributed by atoms with Crippen LogP contribution in [0.15, 0.2) is 29.2 Å². The normalized spacial score (nSPS) is 37.7. The summed E-state index contributed by atoms with van der Waals surface area (Å²) in [5.41, 5.74) is 0.657. The lowest BCUT2D eigenvalue weighted by molar-refractivity contribution is -0.145. The van der Waals surface area contributed by atoms with Gasteiger partial charge < -0.3 is 4.74 Å². The van der Waals surface area contributed by atoms with Crippen LogP contribution in [-0.2, 0) is 19.6 Å².